The molecule has 0 unspecified atom stereocenters. The number of benzene rings is 2. The molecule has 0 atom stereocenters. The molecule has 0 aromatic heterocycles. The highest BCUT2D eigenvalue weighted by Crippen LogP contribution is 2.05. The van der Waals surface area contributed by atoms with Crippen LogP contribution in [-0.2, 0) is 17.9 Å². The lowest BCUT2D eigenvalue weighted by atomic mass is 10.2. The number of amides is 1. The van der Waals surface area contributed by atoms with E-state index in [0.29, 0.717) is 18.7 Å². The minimum absolute atomic E-state index is 0.106. The van der Waals surface area contributed by atoms with Crippen LogP contribution in [0.4, 0.5) is 4.39 Å². The second kappa shape index (κ2) is 7.40. The Morgan fingerprint density at radius 1 is 0.950 bits per heavy atom. The Balaban J connectivity index is 1.69. The van der Waals surface area contributed by atoms with Gasteiger partial charge in [0.25, 0.3) is 0 Å². The monoisotopic (exact) mass is 272 g/mol. The fourth-order valence-electron chi connectivity index (χ4n) is 1.81. The van der Waals surface area contributed by atoms with E-state index in [1.807, 2.05) is 30.3 Å². The van der Waals surface area contributed by atoms with Crippen LogP contribution in [0.1, 0.15) is 11.1 Å². The summed E-state index contributed by atoms with van der Waals surface area (Å²) in [6.45, 7) is 1.01. The molecule has 2 N–H and O–H groups in total. The summed E-state index contributed by atoms with van der Waals surface area (Å²) in [6.07, 6.45) is 0. The third-order valence-corrected chi connectivity index (χ3v) is 2.89. The molecule has 2 aromatic carbocycles. The van der Waals surface area contributed by atoms with Gasteiger partial charge in [-0.25, -0.2) is 4.39 Å². The van der Waals surface area contributed by atoms with E-state index in [0.717, 1.165) is 5.56 Å². The summed E-state index contributed by atoms with van der Waals surface area (Å²) in [4.78, 5) is 11.6. The van der Waals surface area contributed by atoms with Gasteiger partial charge in [-0.2, -0.15) is 0 Å². The van der Waals surface area contributed by atoms with Crippen molar-refractivity contribution in [2.45, 2.75) is 13.1 Å². The fraction of sp³-hybridized carbons (Fsp3) is 0.188. The van der Waals surface area contributed by atoms with E-state index in [4.69, 9.17) is 0 Å². The molecule has 0 bridgehead atoms. The molecule has 2 aromatic rings. The van der Waals surface area contributed by atoms with E-state index in [-0.39, 0.29) is 18.3 Å². The Kier molecular flexibility index (Phi) is 5.26. The van der Waals surface area contributed by atoms with Crippen LogP contribution in [0.5, 0.6) is 0 Å². The third-order valence-electron chi connectivity index (χ3n) is 2.89. The molecule has 0 aliphatic carbocycles. The maximum absolute atomic E-state index is 13.3. The lowest BCUT2D eigenvalue weighted by Gasteiger charge is -2.07. The van der Waals surface area contributed by atoms with Crippen molar-refractivity contribution < 1.29 is 9.18 Å². The second-order valence-electron chi connectivity index (χ2n) is 4.46. The fourth-order valence-corrected chi connectivity index (χ4v) is 1.81. The van der Waals surface area contributed by atoms with Gasteiger partial charge in [0.1, 0.15) is 5.82 Å². The molecule has 2 rings (SSSR count). The Bertz CT molecular complexity index is 557. The largest absolute Gasteiger partial charge is 0.351 e. The summed E-state index contributed by atoms with van der Waals surface area (Å²) in [7, 11) is 0. The van der Waals surface area contributed by atoms with Gasteiger partial charge >= 0.3 is 0 Å². The first-order valence-electron chi connectivity index (χ1n) is 6.50. The van der Waals surface area contributed by atoms with Gasteiger partial charge in [-0.15, -0.1) is 0 Å². The van der Waals surface area contributed by atoms with Crippen molar-refractivity contribution in [2.75, 3.05) is 6.54 Å². The Hall–Kier alpha value is -2.20. The van der Waals surface area contributed by atoms with Crippen molar-refractivity contribution >= 4 is 5.91 Å². The molecule has 4 heteroatoms. The molecule has 3 nitrogen and oxygen atoms in total. The zero-order valence-corrected chi connectivity index (χ0v) is 11.1. The van der Waals surface area contributed by atoms with Gasteiger partial charge in [-0.05, 0) is 11.6 Å². The first-order valence-corrected chi connectivity index (χ1v) is 6.50. The lowest BCUT2D eigenvalue weighted by Crippen LogP contribution is -2.33. The number of rotatable bonds is 6. The van der Waals surface area contributed by atoms with Crippen LogP contribution >= 0.6 is 0 Å². The van der Waals surface area contributed by atoms with Crippen LogP contribution < -0.4 is 10.6 Å². The molecule has 0 heterocycles. The summed E-state index contributed by atoms with van der Waals surface area (Å²) in [5.74, 6) is -0.366. The highest BCUT2D eigenvalue weighted by molar-refractivity contribution is 5.77. The molecule has 1 amide bonds. The van der Waals surface area contributed by atoms with Crippen molar-refractivity contribution in [2.24, 2.45) is 0 Å². The molecule has 104 valence electrons. The Morgan fingerprint density at radius 2 is 1.65 bits per heavy atom. The first-order chi connectivity index (χ1) is 9.75. The maximum atomic E-state index is 13.3. The van der Waals surface area contributed by atoms with E-state index in [1.54, 1.807) is 18.2 Å². The van der Waals surface area contributed by atoms with Crippen molar-refractivity contribution in [3.05, 3.63) is 71.5 Å². The van der Waals surface area contributed by atoms with E-state index < -0.39 is 0 Å². The molecular weight excluding hydrogens is 255 g/mol. The van der Waals surface area contributed by atoms with Crippen LogP contribution in [0.25, 0.3) is 0 Å². The average molecular weight is 272 g/mol. The highest BCUT2D eigenvalue weighted by atomic mass is 19.1. The van der Waals surface area contributed by atoms with Gasteiger partial charge in [0.15, 0.2) is 0 Å². The number of hydrogen-bond donors (Lipinski definition) is 2. The molecule has 0 saturated heterocycles. The SMILES string of the molecule is O=C(CNCc1ccccc1F)NCc1ccccc1. The van der Waals surface area contributed by atoms with Crippen LogP contribution in [0.3, 0.4) is 0 Å². The van der Waals surface area contributed by atoms with Crippen LogP contribution in [0.15, 0.2) is 54.6 Å². The molecule has 0 saturated carbocycles. The summed E-state index contributed by atoms with van der Waals surface area (Å²) < 4.78 is 13.3. The van der Waals surface area contributed by atoms with E-state index in [1.165, 1.54) is 6.07 Å². The number of hydrogen-bond acceptors (Lipinski definition) is 2. The number of nitrogens with one attached hydrogen (secondary N) is 2. The van der Waals surface area contributed by atoms with E-state index >= 15 is 0 Å². The topological polar surface area (TPSA) is 41.1 Å². The molecule has 0 radical (unpaired) electrons. The Labute approximate surface area is 117 Å². The summed E-state index contributed by atoms with van der Waals surface area (Å²) in [5.41, 5.74) is 1.61. The summed E-state index contributed by atoms with van der Waals surface area (Å²) in [6, 6.07) is 16.2. The normalized spacial score (nSPS) is 10.2. The zero-order valence-electron chi connectivity index (χ0n) is 11.1. The quantitative estimate of drug-likeness (QED) is 0.846. The number of carbonyl (C=O) groups excluding carboxylic acids is 1. The summed E-state index contributed by atoms with van der Waals surface area (Å²) in [5, 5.41) is 5.73. The van der Waals surface area contributed by atoms with Crippen molar-refractivity contribution in [3.8, 4) is 0 Å². The minimum Gasteiger partial charge on any atom is -0.351 e. The second-order valence-corrected chi connectivity index (χ2v) is 4.46. The average Bonchev–Trinajstić information content (AvgIpc) is 2.48. The molecule has 0 aliphatic heterocycles. The molecule has 20 heavy (non-hydrogen) atoms. The highest BCUT2D eigenvalue weighted by Gasteiger charge is 2.03. The Morgan fingerprint density at radius 3 is 2.40 bits per heavy atom. The predicted molar refractivity (Wildman–Crippen MR) is 76.4 cm³/mol. The summed E-state index contributed by atoms with van der Waals surface area (Å²) >= 11 is 0. The number of halogens is 1. The smallest absolute Gasteiger partial charge is 0.234 e. The maximum Gasteiger partial charge on any atom is 0.234 e. The third kappa shape index (κ3) is 4.48. The first kappa shape index (κ1) is 14.2. The van der Waals surface area contributed by atoms with Gasteiger partial charge in [-0.1, -0.05) is 48.5 Å². The molecule has 0 spiro atoms. The zero-order chi connectivity index (χ0) is 14.2. The van der Waals surface area contributed by atoms with Crippen LogP contribution in [0.2, 0.25) is 0 Å². The standard InChI is InChI=1S/C16H17FN2O/c17-15-9-5-4-8-14(15)11-18-12-16(20)19-10-13-6-2-1-3-7-13/h1-9,18H,10-12H2,(H,19,20). The number of carbonyl (C=O) groups is 1. The minimum atomic E-state index is -0.260. The molecular formula is C16H17FN2O. The van der Waals surface area contributed by atoms with Crippen molar-refractivity contribution in [1.29, 1.82) is 0 Å². The van der Waals surface area contributed by atoms with Gasteiger partial charge in [0.2, 0.25) is 5.91 Å². The van der Waals surface area contributed by atoms with Crippen LogP contribution in [-0.4, -0.2) is 12.5 Å². The van der Waals surface area contributed by atoms with Crippen LogP contribution in [0, 0.1) is 5.82 Å². The predicted octanol–water partition coefficient (Wildman–Crippen LogP) is 2.23. The van der Waals surface area contributed by atoms with Crippen molar-refractivity contribution in [1.82, 2.24) is 10.6 Å². The van der Waals surface area contributed by atoms with Gasteiger partial charge in [-0.3, -0.25) is 4.79 Å². The lowest BCUT2D eigenvalue weighted by molar-refractivity contribution is -0.120. The van der Waals surface area contributed by atoms with Gasteiger partial charge < -0.3 is 10.6 Å². The van der Waals surface area contributed by atoms with E-state index in [9.17, 15) is 9.18 Å². The van der Waals surface area contributed by atoms with E-state index in [2.05, 4.69) is 10.6 Å². The molecule has 0 fully saturated rings. The van der Waals surface area contributed by atoms with Crippen molar-refractivity contribution in [3.63, 3.8) is 0 Å². The van der Waals surface area contributed by atoms with Gasteiger partial charge in [0, 0.05) is 18.7 Å². The molecule has 0 aliphatic rings. The van der Waals surface area contributed by atoms with Gasteiger partial charge in [0.05, 0.1) is 6.54 Å².